The lowest BCUT2D eigenvalue weighted by atomic mass is 10.1. The Balaban J connectivity index is 2.26. The van der Waals surface area contributed by atoms with Crippen LogP contribution in [0.5, 0.6) is 0 Å². The van der Waals surface area contributed by atoms with E-state index in [-0.39, 0.29) is 11.7 Å². The summed E-state index contributed by atoms with van der Waals surface area (Å²) in [4.78, 5) is 14.2. The summed E-state index contributed by atoms with van der Waals surface area (Å²) >= 11 is 0. The fourth-order valence-electron chi connectivity index (χ4n) is 2.01. The van der Waals surface area contributed by atoms with Crippen molar-refractivity contribution in [3.8, 4) is 0 Å². The van der Waals surface area contributed by atoms with Gasteiger partial charge in [0.2, 0.25) is 0 Å². The molecule has 0 saturated carbocycles. The van der Waals surface area contributed by atoms with Gasteiger partial charge in [-0.1, -0.05) is 0 Å². The number of pyridine rings is 1. The molecule has 0 saturated heterocycles. The van der Waals surface area contributed by atoms with Crippen molar-refractivity contribution in [3.63, 3.8) is 0 Å². The zero-order valence-corrected chi connectivity index (χ0v) is 11.0. The molecule has 100 valence electrons. The lowest BCUT2D eigenvalue weighted by Gasteiger charge is -2.14. The molecule has 2 heterocycles. The summed E-state index contributed by atoms with van der Waals surface area (Å²) in [6, 6.07) is 1.52. The summed E-state index contributed by atoms with van der Waals surface area (Å²) in [7, 11) is 1.85. The van der Waals surface area contributed by atoms with Crippen molar-refractivity contribution < 1.29 is 4.92 Å². The largest absolute Gasteiger partial charge is 0.373 e. The van der Waals surface area contributed by atoms with E-state index in [1.54, 1.807) is 10.7 Å². The van der Waals surface area contributed by atoms with Crippen LogP contribution >= 0.6 is 0 Å². The van der Waals surface area contributed by atoms with Gasteiger partial charge >= 0.3 is 5.69 Å². The van der Waals surface area contributed by atoms with E-state index in [2.05, 4.69) is 15.4 Å². The average molecular weight is 261 g/mol. The molecule has 7 nitrogen and oxygen atoms in total. The Morgan fingerprint density at radius 2 is 2.26 bits per heavy atom. The number of hydrogen-bond acceptors (Lipinski definition) is 5. The predicted octanol–water partition coefficient (Wildman–Crippen LogP) is 2.20. The molecule has 2 aromatic heterocycles. The van der Waals surface area contributed by atoms with Crippen molar-refractivity contribution in [2.75, 3.05) is 5.32 Å². The molecule has 0 aliphatic carbocycles. The molecule has 0 unspecified atom stereocenters. The SMILES string of the molecule is Cc1nn(C)cc1[C@H](C)Nc1ccncc1[N+](=O)[O-]. The van der Waals surface area contributed by atoms with Gasteiger partial charge in [-0.25, -0.2) is 0 Å². The fraction of sp³-hybridized carbons (Fsp3) is 0.333. The molecule has 0 bridgehead atoms. The van der Waals surface area contributed by atoms with Crippen LogP contribution in [0.3, 0.4) is 0 Å². The molecule has 0 aromatic carbocycles. The van der Waals surface area contributed by atoms with Crippen molar-refractivity contribution in [1.82, 2.24) is 14.8 Å². The van der Waals surface area contributed by atoms with Gasteiger partial charge in [0.25, 0.3) is 0 Å². The van der Waals surface area contributed by atoms with Gasteiger partial charge in [-0.3, -0.25) is 19.8 Å². The number of hydrogen-bond donors (Lipinski definition) is 1. The summed E-state index contributed by atoms with van der Waals surface area (Å²) < 4.78 is 1.73. The third-order valence-electron chi connectivity index (χ3n) is 2.89. The number of nitro groups is 1. The highest BCUT2D eigenvalue weighted by molar-refractivity contribution is 5.60. The highest BCUT2D eigenvalue weighted by Gasteiger charge is 2.17. The van der Waals surface area contributed by atoms with E-state index in [1.165, 1.54) is 12.4 Å². The zero-order chi connectivity index (χ0) is 14.0. The first kappa shape index (κ1) is 13.0. The van der Waals surface area contributed by atoms with E-state index < -0.39 is 4.92 Å². The number of nitrogens with one attached hydrogen (secondary N) is 1. The fourth-order valence-corrected chi connectivity index (χ4v) is 2.01. The Morgan fingerprint density at radius 1 is 1.53 bits per heavy atom. The van der Waals surface area contributed by atoms with Crippen LogP contribution in [0.25, 0.3) is 0 Å². The number of aromatic nitrogens is 3. The van der Waals surface area contributed by atoms with Crippen LogP contribution in [0.2, 0.25) is 0 Å². The molecule has 2 rings (SSSR count). The van der Waals surface area contributed by atoms with E-state index in [0.29, 0.717) is 5.69 Å². The van der Waals surface area contributed by atoms with E-state index >= 15 is 0 Å². The molecule has 0 radical (unpaired) electrons. The number of rotatable bonds is 4. The standard InChI is InChI=1S/C12H15N5O2/c1-8(10-7-16(3)15-9(10)2)14-11-4-5-13-6-12(11)17(18)19/h4-8H,1-3H3,(H,13,14)/t8-/m0/s1. The van der Waals surface area contributed by atoms with Crippen molar-refractivity contribution in [3.05, 3.63) is 46.0 Å². The zero-order valence-electron chi connectivity index (χ0n) is 11.0. The molecule has 1 atom stereocenters. The van der Waals surface area contributed by atoms with Crippen molar-refractivity contribution in [1.29, 1.82) is 0 Å². The van der Waals surface area contributed by atoms with Crippen LogP contribution in [0.15, 0.2) is 24.7 Å². The Morgan fingerprint density at radius 3 is 2.84 bits per heavy atom. The molecular weight excluding hydrogens is 246 g/mol. The molecule has 19 heavy (non-hydrogen) atoms. The van der Waals surface area contributed by atoms with Gasteiger partial charge in [0.1, 0.15) is 11.9 Å². The molecule has 7 heteroatoms. The molecule has 0 spiro atoms. The van der Waals surface area contributed by atoms with Crippen LogP contribution in [0.1, 0.15) is 24.2 Å². The Bertz CT molecular complexity index is 608. The van der Waals surface area contributed by atoms with Crippen LogP contribution in [-0.4, -0.2) is 19.7 Å². The maximum absolute atomic E-state index is 10.9. The van der Waals surface area contributed by atoms with E-state index in [0.717, 1.165) is 11.3 Å². The summed E-state index contributed by atoms with van der Waals surface area (Å²) in [5.41, 5.74) is 2.33. The summed E-state index contributed by atoms with van der Waals surface area (Å²) in [5.74, 6) is 0. The minimum atomic E-state index is -0.446. The van der Waals surface area contributed by atoms with Gasteiger partial charge in [0.15, 0.2) is 0 Å². The second kappa shape index (κ2) is 5.05. The smallest absolute Gasteiger partial charge is 0.310 e. The minimum absolute atomic E-state index is 0.0316. The van der Waals surface area contributed by atoms with E-state index in [9.17, 15) is 10.1 Å². The van der Waals surface area contributed by atoms with Crippen LogP contribution in [0, 0.1) is 17.0 Å². The maximum Gasteiger partial charge on any atom is 0.310 e. The van der Waals surface area contributed by atoms with Crippen LogP contribution in [0.4, 0.5) is 11.4 Å². The third kappa shape index (κ3) is 2.70. The van der Waals surface area contributed by atoms with Crippen LogP contribution in [-0.2, 0) is 7.05 Å². The van der Waals surface area contributed by atoms with Crippen LogP contribution < -0.4 is 5.32 Å². The van der Waals surface area contributed by atoms with Crippen molar-refractivity contribution in [2.45, 2.75) is 19.9 Å². The quantitative estimate of drug-likeness (QED) is 0.673. The van der Waals surface area contributed by atoms with E-state index in [1.807, 2.05) is 27.1 Å². The first-order valence-electron chi connectivity index (χ1n) is 5.84. The molecule has 0 amide bonds. The lowest BCUT2D eigenvalue weighted by molar-refractivity contribution is -0.384. The van der Waals surface area contributed by atoms with Gasteiger partial charge in [-0.2, -0.15) is 5.10 Å². The third-order valence-corrected chi connectivity index (χ3v) is 2.89. The highest BCUT2D eigenvalue weighted by Crippen LogP contribution is 2.27. The maximum atomic E-state index is 10.9. The van der Waals surface area contributed by atoms with Crippen molar-refractivity contribution >= 4 is 11.4 Å². The molecule has 1 N–H and O–H groups in total. The molecule has 0 fully saturated rings. The van der Waals surface area contributed by atoms with Gasteiger partial charge in [-0.15, -0.1) is 0 Å². The molecular formula is C12H15N5O2. The predicted molar refractivity (Wildman–Crippen MR) is 70.9 cm³/mol. The molecule has 0 aliphatic rings. The Kier molecular flexibility index (Phi) is 3.46. The second-order valence-electron chi connectivity index (χ2n) is 4.36. The van der Waals surface area contributed by atoms with Gasteiger partial charge < -0.3 is 5.32 Å². The normalized spacial score (nSPS) is 12.2. The summed E-state index contributed by atoms with van der Waals surface area (Å²) in [6.45, 7) is 3.85. The average Bonchev–Trinajstić information content (AvgIpc) is 2.69. The number of aryl methyl sites for hydroxylation is 2. The van der Waals surface area contributed by atoms with Gasteiger partial charge in [-0.05, 0) is 19.9 Å². The van der Waals surface area contributed by atoms with Gasteiger partial charge in [0, 0.05) is 25.0 Å². The first-order valence-corrected chi connectivity index (χ1v) is 5.84. The highest BCUT2D eigenvalue weighted by atomic mass is 16.6. The minimum Gasteiger partial charge on any atom is -0.373 e. The van der Waals surface area contributed by atoms with Crippen molar-refractivity contribution in [2.24, 2.45) is 7.05 Å². The first-order chi connectivity index (χ1) is 8.99. The Labute approximate surface area is 110 Å². The summed E-state index contributed by atoms with van der Waals surface area (Å²) in [6.07, 6.45) is 4.67. The Hall–Kier alpha value is -2.44. The second-order valence-corrected chi connectivity index (χ2v) is 4.36. The number of anilines is 1. The molecule has 0 aliphatic heterocycles. The lowest BCUT2D eigenvalue weighted by Crippen LogP contribution is -2.09. The van der Waals surface area contributed by atoms with E-state index in [4.69, 9.17) is 0 Å². The molecule has 2 aromatic rings. The summed E-state index contributed by atoms with van der Waals surface area (Å²) in [5, 5.41) is 18.3. The van der Waals surface area contributed by atoms with Gasteiger partial charge in [0.05, 0.1) is 16.7 Å². The topological polar surface area (TPSA) is 85.9 Å². The monoisotopic (exact) mass is 261 g/mol. The number of nitrogens with zero attached hydrogens (tertiary/aromatic N) is 4.